The summed E-state index contributed by atoms with van der Waals surface area (Å²) in [5, 5.41) is 3.50. The van der Waals surface area contributed by atoms with Crippen LogP contribution in [0.4, 0.5) is 0 Å². The van der Waals surface area contributed by atoms with E-state index in [1.54, 1.807) is 0 Å². The zero-order chi connectivity index (χ0) is 15.8. The molecular weight excluding hydrogens is 290 g/mol. The summed E-state index contributed by atoms with van der Waals surface area (Å²) in [4.78, 5) is 9.05. The molecule has 1 N–H and O–H groups in total. The summed E-state index contributed by atoms with van der Waals surface area (Å²) in [6, 6.07) is 6.67. The van der Waals surface area contributed by atoms with Gasteiger partial charge < -0.3 is 19.2 Å². The van der Waals surface area contributed by atoms with Gasteiger partial charge in [0.25, 0.3) is 0 Å². The zero-order valence-corrected chi connectivity index (χ0v) is 13.5. The first-order chi connectivity index (χ1) is 11.2. The quantitative estimate of drug-likeness (QED) is 0.800. The Bertz CT molecular complexity index is 835. The van der Waals surface area contributed by atoms with Crippen molar-refractivity contribution in [2.45, 2.75) is 26.1 Å². The average molecular weight is 311 g/mol. The largest absolute Gasteiger partial charge is 0.371 e. The molecule has 4 rings (SSSR count). The molecule has 0 saturated carbocycles. The summed E-state index contributed by atoms with van der Waals surface area (Å²) in [5.41, 5.74) is 3.50. The van der Waals surface area contributed by atoms with Crippen LogP contribution in [0.2, 0.25) is 0 Å². The van der Waals surface area contributed by atoms with Gasteiger partial charge in [0, 0.05) is 26.0 Å². The highest BCUT2D eigenvalue weighted by Crippen LogP contribution is 2.26. The van der Waals surface area contributed by atoms with Gasteiger partial charge in [0.1, 0.15) is 18.3 Å². The van der Waals surface area contributed by atoms with Crippen LogP contribution < -0.4 is 5.32 Å². The van der Waals surface area contributed by atoms with Crippen LogP contribution in [0.1, 0.15) is 23.3 Å². The van der Waals surface area contributed by atoms with Gasteiger partial charge >= 0.3 is 0 Å². The van der Waals surface area contributed by atoms with Crippen molar-refractivity contribution in [3.05, 3.63) is 47.8 Å². The van der Waals surface area contributed by atoms with Crippen molar-refractivity contribution in [2.24, 2.45) is 7.05 Å². The van der Waals surface area contributed by atoms with Crippen LogP contribution in [-0.4, -0.2) is 32.3 Å². The molecule has 23 heavy (non-hydrogen) atoms. The van der Waals surface area contributed by atoms with E-state index in [0.717, 1.165) is 30.3 Å². The van der Waals surface area contributed by atoms with Crippen LogP contribution in [-0.2, 0) is 24.9 Å². The Morgan fingerprint density at radius 2 is 2.30 bits per heavy atom. The van der Waals surface area contributed by atoms with E-state index in [9.17, 15) is 0 Å². The van der Waals surface area contributed by atoms with Crippen molar-refractivity contribution >= 4 is 11.0 Å². The maximum Gasteiger partial charge on any atom is 0.136 e. The number of ether oxygens (including phenoxy) is 1. The third-order valence-electron chi connectivity index (χ3n) is 4.41. The molecule has 0 radical (unpaired) electrons. The lowest BCUT2D eigenvalue weighted by molar-refractivity contribution is 0.0563. The smallest absolute Gasteiger partial charge is 0.136 e. The molecule has 1 atom stereocenters. The molecule has 1 aliphatic heterocycles. The lowest BCUT2D eigenvalue weighted by Crippen LogP contribution is -2.33. The first-order valence-corrected chi connectivity index (χ1v) is 7.94. The molecule has 0 spiro atoms. The molecule has 0 saturated heterocycles. The molecule has 0 fully saturated rings. The molecule has 0 bridgehead atoms. The van der Waals surface area contributed by atoms with Crippen molar-refractivity contribution in [3.8, 4) is 0 Å². The van der Waals surface area contributed by atoms with Crippen LogP contribution in [0, 0.1) is 6.92 Å². The fourth-order valence-corrected chi connectivity index (χ4v) is 3.19. The predicted octanol–water partition coefficient (Wildman–Crippen LogP) is 1.94. The minimum atomic E-state index is 0.255. The minimum absolute atomic E-state index is 0.255. The number of hydrogen-bond acceptors (Lipinski definition) is 4. The Morgan fingerprint density at radius 3 is 3.13 bits per heavy atom. The van der Waals surface area contributed by atoms with Gasteiger partial charge in [-0.05, 0) is 24.6 Å². The number of hydrogen-bond donors (Lipinski definition) is 1. The highest BCUT2D eigenvalue weighted by Gasteiger charge is 2.23. The summed E-state index contributed by atoms with van der Waals surface area (Å²) in [6.45, 7) is 5.00. The van der Waals surface area contributed by atoms with Gasteiger partial charge in [0.2, 0.25) is 0 Å². The van der Waals surface area contributed by atoms with Gasteiger partial charge in [0.05, 0.1) is 30.2 Å². The van der Waals surface area contributed by atoms with Gasteiger partial charge in [0.15, 0.2) is 0 Å². The Kier molecular flexibility index (Phi) is 3.63. The van der Waals surface area contributed by atoms with E-state index in [-0.39, 0.29) is 6.04 Å². The van der Waals surface area contributed by atoms with Gasteiger partial charge in [-0.1, -0.05) is 6.07 Å². The summed E-state index contributed by atoms with van der Waals surface area (Å²) >= 11 is 0. The van der Waals surface area contributed by atoms with E-state index in [2.05, 4.69) is 40.0 Å². The monoisotopic (exact) mass is 311 g/mol. The number of aromatic nitrogens is 4. The molecule has 3 heterocycles. The summed E-state index contributed by atoms with van der Waals surface area (Å²) in [5.74, 6) is 2.05. The van der Waals surface area contributed by atoms with Gasteiger partial charge in [-0.25, -0.2) is 9.97 Å². The topological polar surface area (TPSA) is 56.9 Å². The molecule has 1 aliphatic rings. The molecule has 6 nitrogen and oxygen atoms in total. The maximum atomic E-state index is 5.74. The molecular formula is C17H21N5O. The first-order valence-electron chi connectivity index (χ1n) is 7.94. The highest BCUT2D eigenvalue weighted by molar-refractivity contribution is 5.77. The van der Waals surface area contributed by atoms with Crippen molar-refractivity contribution in [3.63, 3.8) is 0 Å². The van der Waals surface area contributed by atoms with Gasteiger partial charge in [-0.15, -0.1) is 0 Å². The average Bonchev–Trinajstić information content (AvgIpc) is 3.11. The van der Waals surface area contributed by atoms with Crippen molar-refractivity contribution in [1.29, 1.82) is 0 Å². The number of nitrogens with zero attached hydrogens (tertiary/aromatic N) is 4. The summed E-state index contributed by atoms with van der Waals surface area (Å²) in [6.07, 6.45) is 3.79. The fourth-order valence-electron chi connectivity index (χ4n) is 3.19. The number of imidazole rings is 2. The fraction of sp³-hybridized carbons (Fsp3) is 0.412. The second kappa shape index (κ2) is 5.79. The number of rotatable bonds is 4. The highest BCUT2D eigenvalue weighted by atomic mass is 16.5. The van der Waals surface area contributed by atoms with Crippen LogP contribution in [0.25, 0.3) is 11.0 Å². The lowest BCUT2D eigenvalue weighted by Gasteiger charge is -2.26. The van der Waals surface area contributed by atoms with E-state index in [1.807, 2.05) is 24.0 Å². The van der Waals surface area contributed by atoms with Crippen LogP contribution in [0.3, 0.4) is 0 Å². The third-order valence-corrected chi connectivity index (χ3v) is 4.41. The van der Waals surface area contributed by atoms with E-state index in [4.69, 9.17) is 9.72 Å². The number of aryl methyl sites for hydroxylation is 2. The molecule has 120 valence electrons. The van der Waals surface area contributed by atoms with E-state index in [1.165, 1.54) is 11.1 Å². The van der Waals surface area contributed by atoms with Crippen molar-refractivity contribution in [2.75, 3.05) is 13.2 Å². The Balaban J connectivity index is 1.56. The van der Waals surface area contributed by atoms with E-state index < -0.39 is 0 Å². The number of nitrogens with one attached hydrogen (secondary N) is 1. The van der Waals surface area contributed by atoms with Crippen molar-refractivity contribution in [1.82, 2.24) is 24.4 Å². The van der Waals surface area contributed by atoms with Crippen molar-refractivity contribution < 1.29 is 4.74 Å². The standard InChI is InChI=1S/C17H21N5O/c1-12-3-4-14-15(7-12)22-13(10-23-11-17(22)20-14)8-18-9-16-19-5-6-21(16)2/h3-7,13,18H,8-11H2,1-2H3/t13-/m0/s1. The van der Waals surface area contributed by atoms with Crippen LogP contribution in [0.5, 0.6) is 0 Å². The lowest BCUT2D eigenvalue weighted by atomic mass is 10.2. The second-order valence-corrected chi connectivity index (χ2v) is 6.14. The minimum Gasteiger partial charge on any atom is -0.371 e. The Morgan fingerprint density at radius 1 is 1.39 bits per heavy atom. The Hall–Kier alpha value is -2.18. The normalized spacial score (nSPS) is 17.6. The van der Waals surface area contributed by atoms with Gasteiger partial charge in [-0.3, -0.25) is 0 Å². The number of fused-ring (bicyclic) bond motifs is 3. The second-order valence-electron chi connectivity index (χ2n) is 6.14. The summed E-state index contributed by atoms with van der Waals surface area (Å²) < 4.78 is 10.1. The molecule has 6 heteroatoms. The van der Waals surface area contributed by atoms with E-state index >= 15 is 0 Å². The predicted molar refractivity (Wildman–Crippen MR) is 88.1 cm³/mol. The zero-order valence-electron chi connectivity index (χ0n) is 13.5. The molecule has 2 aromatic heterocycles. The molecule has 1 aromatic carbocycles. The van der Waals surface area contributed by atoms with Gasteiger partial charge in [-0.2, -0.15) is 0 Å². The molecule has 0 unspecified atom stereocenters. The molecule has 0 amide bonds. The summed E-state index contributed by atoms with van der Waals surface area (Å²) in [7, 11) is 2.01. The SMILES string of the molecule is Cc1ccc2nc3n(c2c1)[C@@H](CNCc1nccn1C)COC3. The van der Waals surface area contributed by atoms with Crippen LogP contribution in [0.15, 0.2) is 30.6 Å². The van der Waals surface area contributed by atoms with E-state index in [0.29, 0.717) is 13.2 Å². The molecule has 0 aliphatic carbocycles. The Labute approximate surface area is 135 Å². The van der Waals surface area contributed by atoms with Crippen LogP contribution >= 0.6 is 0 Å². The molecule has 3 aromatic rings. The third kappa shape index (κ3) is 2.64. The number of benzene rings is 1. The maximum absolute atomic E-state index is 5.74. The first kappa shape index (κ1) is 14.4.